The maximum absolute atomic E-state index is 11.9. The first-order valence-corrected chi connectivity index (χ1v) is 5.28. The first-order valence-electron chi connectivity index (χ1n) is 5.28. The molecule has 1 aromatic heterocycles. The van der Waals surface area contributed by atoms with Crippen molar-refractivity contribution in [3.8, 4) is 0 Å². The maximum atomic E-state index is 11.9. The quantitative estimate of drug-likeness (QED) is 0.748. The molecule has 1 aliphatic heterocycles. The Bertz CT molecular complexity index is 360. The highest BCUT2D eigenvalue weighted by Crippen LogP contribution is 2.11. The lowest BCUT2D eigenvalue weighted by molar-refractivity contribution is 0.0791. The summed E-state index contributed by atoms with van der Waals surface area (Å²) in [5.41, 5.74) is 6.42. The van der Waals surface area contributed by atoms with Gasteiger partial charge in [-0.3, -0.25) is 9.48 Å². The van der Waals surface area contributed by atoms with Gasteiger partial charge < -0.3 is 10.6 Å². The van der Waals surface area contributed by atoms with Crippen LogP contribution in [-0.4, -0.2) is 39.7 Å². The minimum Gasteiger partial charge on any atom is -0.337 e. The first kappa shape index (κ1) is 10.2. The van der Waals surface area contributed by atoms with Gasteiger partial charge in [-0.2, -0.15) is 5.10 Å². The Morgan fingerprint density at radius 3 is 3.07 bits per heavy atom. The molecule has 1 amide bonds. The van der Waals surface area contributed by atoms with E-state index in [9.17, 15) is 4.79 Å². The number of likely N-dealkylation sites (tertiary alicyclic amines) is 1. The first-order chi connectivity index (χ1) is 7.20. The predicted octanol–water partition coefficient (Wildman–Crippen LogP) is 0.0762. The van der Waals surface area contributed by atoms with Gasteiger partial charge in [0, 0.05) is 31.9 Å². The van der Waals surface area contributed by atoms with Crippen molar-refractivity contribution in [2.24, 2.45) is 5.73 Å². The number of aromatic nitrogens is 2. The van der Waals surface area contributed by atoms with Crippen LogP contribution in [0.2, 0.25) is 0 Å². The van der Waals surface area contributed by atoms with Crippen molar-refractivity contribution in [2.45, 2.75) is 25.9 Å². The highest BCUT2D eigenvalue weighted by Gasteiger charge is 2.25. The lowest BCUT2D eigenvalue weighted by Crippen LogP contribution is -2.31. The van der Waals surface area contributed by atoms with Gasteiger partial charge in [0.15, 0.2) is 0 Å². The predicted molar refractivity (Wildman–Crippen MR) is 56.4 cm³/mol. The van der Waals surface area contributed by atoms with Gasteiger partial charge in [0.2, 0.25) is 0 Å². The Labute approximate surface area is 88.8 Å². The van der Waals surface area contributed by atoms with E-state index >= 15 is 0 Å². The Morgan fingerprint density at radius 2 is 2.53 bits per heavy atom. The average molecular weight is 208 g/mol. The molecule has 0 spiro atoms. The van der Waals surface area contributed by atoms with Crippen LogP contribution in [0, 0.1) is 0 Å². The fourth-order valence-corrected chi connectivity index (χ4v) is 1.80. The number of nitrogens with zero attached hydrogens (tertiary/aromatic N) is 3. The fourth-order valence-electron chi connectivity index (χ4n) is 1.80. The van der Waals surface area contributed by atoms with E-state index in [4.69, 9.17) is 5.73 Å². The molecule has 1 aliphatic rings. The van der Waals surface area contributed by atoms with Gasteiger partial charge in [0.05, 0.1) is 11.8 Å². The number of rotatable bonds is 2. The highest BCUT2D eigenvalue weighted by molar-refractivity contribution is 5.93. The summed E-state index contributed by atoms with van der Waals surface area (Å²) < 4.78 is 1.75. The van der Waals surface area contributed by atoms with E-state index in [-0.39, 0.29) is 11.9 Å². The highest BCUT2D eigenvalue weighted by atomic mass is 16.2. The van der Waals surface area contributed by atoms with Crippen LogP contribution >= 0.6 is 0 Å². The van der Waals surface area contributed by atoms with Crippen molar-refractivity contribution >= 4 is 5.91 Å². The van der Waals surface area contributed by atoms with Crippen LogP contribution in [0.4, 0.5) is 0 Å². The molecule has 5 nitrogen and oxygen atoms in total. The molecule has 0 aromatic carbocycles. The van der Waals surface area contributed by atoms with Crippen molar-refractivity contribution in [1.82, 2.24) is 14.7 Å². The van der Waals surface area contributed by atoms with Gasteiger partial charge in [-0.25, -0.2) is 0 Å². The molecule has 1 saturated heterocycles. The Morgan fingerprint density at radius 1 is 1.73 bits per heavy atom. The molecule has 82 valence electrons. The maximum Gasteiger partial charge on any atom is 0.257 e. The van der Waals surface area contributed by atoms with E-state index < -0.39 is 0 Å². The Kier molecular flexibility index (Phi) is 2.73. The average Bonchev–Trinajstić information content (AvgIpc) is 2.84. The molecule has 2 heterocycles. The van der Waals surface area contributed by atoms with Crippen LogP contribution in [0.15, 0.2) is 12.4 Å². The minimum atomic E-state index is 0.0441. The second-order valence-corrected chi connectivity index (χ2v) is 3.88. The standard InChI is InChI=1S/C10H16N4O/c1-2-14-6-8(5-12-14)10(15)13-4-3-9(11)7-13/h5-6,9H,2-4,7,11H2,1H3. The molecule has 0 bridgehead atoms. The van der Waals surface area contributed by atoms with E-state index in [1.807, 2.05) is 6.92 Å². The molecular formula is C10H16N4O. The summed E-state index contributed by atoms with van der Waals surface area (Å²) in [5, 5.41) is 4.08. The van der Waals surface area contributed by atoms with Crippen molar-refractivity contribution in [2.75, 3.05) is 13.1 Å². The molecule has 15 heavy (non-hydrogen) atoms. The van der Waals surface area contributed by atoms with Gasteiger partial charge in [-0.05, 0) is 13.3 Å². The number of amides is 1. The lowest BCUT2D eigenvalue weighted by atomic mass is 10.3. The van der Waals surface area contributed by atoms with Crippen molar-refractivity contribution in [1.29, 1.82) is 0 Å². The number of nitrogens with two attached hydrogens (primary N) is 1. The fraction of sp³-hybridized carbons (Fsp3) is 0.600. The normalized spacial score (nSPS) is 20.9. The van der Waals surface area contributed by atoms with Gasteiger partial charge in [-0.1, -0.05) is 0 Å². The zero-order valence-electron chi connectivity index (χ0n) is 8.89. The van der Waals surface area contributed by atoms with E-state index in [0.29, 0.717) is 12.1 Å². The summed E-state index contributed by atoms with van der Waals surface area (Å²) in [6.07, 6.45) is 4.30. The van der Waals surface area contributed by atoms with E-state index in [1.165, 1.54) is 0 Å². The SMILES string of the molecule is CCn1cc(C(=O)N2CCC(N)C2)cn1. The van der Waals surface area contributed by atoms with Gasteiger partial charge in [-0.15, -0.1) is 0 Å². The zero-order valence-corrected chi connectivity index (χ0v) is 8.89. The summed E-state index contributed by atoms with van der Waals surface area (Å²) in [6, 6.07) is 0.134. The molecule has 2 N–H and O–H groups in total. The molecule has 0 aliphatic carbocycles. The zero-order chi connectivity index (χ0) is 10.8. The molecule has 2 rings (SSSR count). The third-order valence-electron chi connectivity index (χ3n) is 2.72. The van der Waals surface area contributed by atoms with Gasteiger partial charge in [0.25, 0.3) is 5.91 Å². The summed E-state index contributed by atoms with van der Waals surface area (Å²) in [7, 11) is 0. The number of carbonyl (C=O) groups is 1. The summed E-state index contributed by atoms with van der Waals surface area (Å²) in [6.45, 7) is 4.20. The topological polar surface area (TPSA) is 64.2 Å². The minimum absolute atomic E-state index is 0.0441. The molecule has 0 saturated carbocycles. The van der Waals surface area contributed by atoms with E-state index in [0.717, 1.165) is 19.5 Å². The number of hydrogen-bond donors (Lipinski definition) is 1. The summed E-state index contributed by atoms with van der Waals surface area (Å²) >= 11 is 0. The van der Waals surface area contributed by atoms with Crippen LogP contribution in [0.3, 0.4) is 0 Å². The molecule has 1 fully saturated rings. The Hall–Kier alpha value is -1.36. The molecule has 0 radical (unpaired) electrons. The van der Waals surface area contributed by atoms with Crippen LogP contribution in [0.1, 0.15) is 23.7 Å². The smallest absolute Gasteiger partial charge is 0.257 e. The van der Waals surface area contributed by atoms with Gasteiger partial charge >= 0.3 is 0 Å². The summed E-state index contributed by atoms with van der Waals surface area (Å²) in [4.78, 5) is 13.7. The molecule has 1 aromatic rings. The molecule has 5 heteroatoms. The van der Waals surface area contributed by atoms with Crippen LogP contribution in [0.25, 0.3) is 0 Å². The van der Waals surface area contributed by atoms with Crippen LogP contribution in [0.5, 0.6) is 0 Å². The number of carbonyl (C=O) groups excluding carboxylic acids is 1. The van der Waals surface area contributed by atoms with Crippen molar-refractivity contribution in [3.63, 3.8) is 0 Å². The van der Waals surface area contributed by atoms with Crippen molar-refractivity contribution < 1.29 is 4.79 Å². The van der Waals surface area contributed by atoms with Crippen LogP contribution in [-0.2, 0) is 6.54 Å². The van der Waals surface area contributed by atoms with Gasteiger partial charge in [0.1, 0.15) is 0 Å². The largest absolute Gasteiger partial charge is 0.337 e. The van der Waals surface area contributed by atoms with E-state index in [1.54, 1.807) is 22.0 Å². The second kappa shape index (κ2) is 4.02. The van der Waals surface area contributed by atoms with Crippen molar-refractivity contribution in [3.05, 3.63) is 18.0 Å². The van der Waals surface area contributed by atoms with E-state index in [2.05, 4.69) is 5.10 Å². The third kappa shape index (κ3) is 2.02. The monoisotopic (exact) mass is 208 g/mol. The summed E-state index contributed by atoms with van der Waals surface area (Å²) in [5.74, 6) is 0.0441. The number of hydrogen-bond acceptors (Lipinski definition) is 3. The Balaban J connectivity index is 2.07. The third-order valence-corrected chi connectivity index (χ3v) is 2.72. The number of aryl methyl sites for hydroxylation is 1. The molecule has 1 unspecified atom stereocenters. The molecule has 1 atom stereocenters. The lowest BCUT2D eigenvalue weighted by Gasteiger charge is -2.13. The van der Waals surface area contributed by atoms with Crippen LogP contribution < -0.4 is 5.73 Å². The molecular weight excluding hydrogens is 192 g/mol. The second-order valence-electron chi connectivity index (χ2n) is 3.88.